The zero-order valence-corrected chi connectivity index (χ0v) is 15.3. The van der Waals surface area contributed by atoms with E-state index >= 15 is 0 Å². The van der Waals surface area contributed by atoms with Gasteiger partial charge in [0.05, 0.1) is 5.25 Å². The maximum absolute atomic E-state index is 11.6. The van der Waals surface area contributed by atoms with Crippen LogP contribution in [0.3, 0.4) is 0 Å². The molecule has 23 heavy (non-hydrogen) atoms. The molecule has 0 radical (unpaired) electrons. The van der Waals surface area contributed by atoms with Crippen molar-refractivity contribution in [3.05, 3.63) is 57.1 Å². The monoisotopic (exact) mass is 371 g/mol. The van der Waals surface area contributed by atoms with Crippen molar-refractivity contribution < 1.29 is 8.76 Å². The molecule has 1 heterocycles. The van der Waals surface area contributed by atoms with Gasteiger partial charge in [-0.2, -0.15) is 0 Å². The van der Waals surface area contributed by atoms with Gasteiger partial charge in [-0.15, -0.1) is 0 Å². The predicted octanol–water partition coefficient (Wildman–Crippen LogP) is 4.25. The highest BCUT2D eigenvalue weighted by atomic mass is 35.5. The summed E-state index contributed by atoms with van der Waals surface area (Å²) >= 11 is 10.7. The Morgan fingerprint density at radius 3 is 2.78 bits per heavy atom. The van der Waals surface area contributed by atoms with Crippen LogP contribution in [0.2, 0.25) is 10.0 Å². The first kappa shape index (κ1) is 17.2. The quantitative estimate of drug-likeness (QED) is 0.790. The fourth-order valence-corrected chi connectivity index (χ4v) is 4.67. The number of hydrogen-bond acceptors (Lipinski definition) is 2. The maximum atomic E-state index is 11.6. The van der Waals surface area contributed by atoms with Crippen molar-refractivity contribution in [2.75, 3.05) is 13.6 Å². The van der Waals surface area contributed by atoms with Gasteiger partial charge in [-0.25, -0.2) is 4.21 Å². The Kier molecular flexibility index (Phi) is 5.00. The topological polar surface area (TPSA) is 40.5 Å². The van der Waals surface area contributed by atoms with Crippen LogP contribution in [0.4, 0.5) is 0 Å². The van der Waals surface area contributed by atoms with E-state index < -0.39 is 11.1 Å². The number of fused-ring (bicyclic) bond motifs is 1. The second-order valence-electron chi connectivity index (χ2n) is 6.33. The first-order valence-corrected chi connectivity index (χ1v) is 9.45. The largest absolute Gasteiger partial charge is 0.306 e. The number of nitrogens with zero attached hydrogens (tertiary/aromatic N) is 1. The zero-order valence-electron chi connectivity index (χ0n) is 13.0. The summed E-state index contributed by atoms with van der Waals surface area (Å²) in [5.41, 5.74) is 3.26. The van der Waals surface area contributed by atoms with E-state index in [1.807, 2.05) is 25.1 Å². The average Bonchev–Trinajstić information content (AvgIpc) is 2.48. The number of benzene rings is 1. The smallest absolute Gasteiger partial charge is 0.160 e. The first-order chi connectivity index (χ1) is 10.9. The highest BCUT2D eigenvalue weighted by Gasteiger charge is 2.31. The van der Waals surface area contributed by atoms with Gasteiger partial charge in [0.25, 0.3) is 0 Å². The molecule has 0 bridgehead atoms. The van der Waals surface area contributed by atoms with E-state index in [1.54, 1.807) is 6.07 Å². The second-order valence-corrected chi connectivity index (χ2v) is 8.27. The molecule has 0 amide bonds. The molecule has 6 heteroatoms. The van der Waals surface area contributed by atoms with E-state index in [0.717, 1.165) is 29.8 Å². The van der Waals surface area contributed by atoms with Crippen LogP contribution in [0.25, 0.3) is 0 Å². The normalized spacial score (nSPS) is 29.1. The van der Waals surface area contributed by atoms with E-state index in [0.29, 0.717) is 10.0 Å². The fourth-order valence-electron chi connectivity index (χ4n) is 3.37. The van der Waals surface area contributed by atoms with Crippen LogP contribution in [0, 0.1) is 5.92 Å². The molecule has 1 aromatic carbocycles. The summed E-state index contributed by atoms with van der Waals surface area (Å²) in [5, 5.41) is 0.930. The van der Waals surface area contributed by atoms with E-state index in [9.17, 15) is 8.76 Å². The molecule has 4 atom stereocenters. The van der Waals surface area contributed by atoms with Gasteiger partial charge in [-0.3, -0.25) is 0 Å². The molecular weight excluding hydrogens is 353 g/mol. The molecule has 2 aliphatic rings. The van der Waals surface area contributed by atoms with Crippen LogP contribution < -0.4 is 0 Å². The maximum Gasteiger partial charge on any atom is 0.160 e. The Balaban J connectivity index is 2.06. The molecule has 0 saturated carbocycles. The van der Waals surface area contributed by atoms with Gasteiger partial charge < -0.3 is 9.45 Å². The summed E-state index contributed by atoms with van der Waals surface area (Å²) in [4.78, 5) is 2.21. The highest BCUT2D eigenvalue weighted by molar-refractivity contribution is 7.80. The lowest BCUT2D eigenvalue weighted by atomic mass is 9.81. The van der Waals surface area contributed by atoms with Crippen molar-refractivity contribution >= 4 is 34.3 Å². The predicted molar refractivity (Wildman–Crippen MR) is 96.5 cm³/mol. The number of hydrogen-bond donors (Lipinski definition) is 1. The van der Waals surface area contributed by atoms with Crippen LogP contribution in [-0.4, -0.2) is 32.5 Å². The highest BCUT2D eigenvalue weighted by Crippen LogP contribution is 2.40. The molecule has 0 saturated heterocycles. The van der Waals surface area contributed by atoms with Gasteiger partial charge in [0, 0.05) is 29.1 Å². The Hall–Kier alpha value is -0.650. The molecule has 3 rings (SSSR count). The molecule has 0 aromatic heterocycles. The Labute approximate surface area is 149 Å². The van der Waals surface area contributed by atoms with E-state index in [-0.39, 0.29) is 17.1 Å². The molecule has 1 N–H and O–H groups in total. The SMILES string of the molecule is C[C@H]1C=CC([C@@H]2CN(C)Cc3c(Cl)cc(Cl)cc32)=CC1S(=O)O. The van der Waals surface area contributed by atoms with Crippen molar-refractivity contribution in [2.24, 2.45) is 5.92 Å². The third kappa shape index (κ3) is 3.42. The van der Waals surface area contributed by atoms with Gasteiger partial charge in [-0.1, -0.05) is 48.4 Å². The van der Waals surface area contributed by atoms with Gasteiger partial charge in [0.1, 0.15) is 0 Å². The van der Waals surface area contributed by atoms with Crippen molar-refractivity contribution in [3.8, 4) is 0 Å². The van der Waals surface area contributed by atoms with E-state index in [4.69, 9.17) is 23.2 Å². The third-order valence-corrected chi connectivity index (χ3v) is 6.18. The van der Waals surface area contributed by atoms with Gasteiger partial charge >= 0.3 is 0 Å². The molecule has 2 unspecified atom stereocenters. The minimum Gasteiger partial charge on any atom is -0.306 e. The lowest BCUT2D eigenvalue weighted by Gasteiger charge is -2.35. The van der Waals surface area contributed by atoms with Crippen molar-refractivity contribution in [3.63, 3.8) is 0 Å². The molecule has 0 fully saturated rings. The number of rotatable bonds is 2. The molecule has 3 nitrogen and oxygen atoms in total. The summed E-state index contributed by atoms with van der Waals surface area (Å²) in [6, 6.07) is 3.75. The molecular formula is C17H19Cl2NO2S. The van der Waals surface area contributed by atoms with Crippen molar-refractivity contribution in [1.29, 1.82) is 0 Å². The zero-order chi connectivity index (χ0) is 16.7. The standard InChI is InChI=1S/C17H19Cl2NO2S/c1-10-3-4-11(5-17(10)23(21)22)14-8-20(2)9-15-13(14)6-12(18)7-16(15)19/h3-7,10,14,17H,8-9H2,1-2H3,(H,21,22)/t10-,14-,17?/m0/s1. The first-order valence-electron chi connectivity index (χ1n) is 7.52. The Morgan fingerprint density at radius 2 is 2.09 bits per heavy atom. The van der Waals surface area contributed by atoms with E-state index in [2.05, 4.69) is 18.0 Å². The fraction of sp³-hybridized carbons (Fsp3) is 0.412. The summed E-state index contributed by atoms with van der Waals surface area (Å²) < 4.78 is 21.1. The Morgan fingerprint density at radius 1 is 1.35 bits per heavy atom. The minimum atomic E-state index is -1.88. The average molecular weight is 372 g/mol. The van der Waals surface area contributed by atoms with Crippen LogP contribution >= 0.6 is 23.2 Å². The lowest BCUT2D eigenvalue weighted by molar-refractivity contribution is 0.294. The van der Waals surface area contributed by atoms with Gasteiger partial charge in [0.15, 0.2) is 11.1 Å². The van der Waals surface area contributed by atoms with Crippen molar-refractivity contribution in [1.82, 2.24) is 4.90 Å². The minimum absolute atomic E-state index is 0.0494. The lowest BCUT2D eigenvalue weighted by Crippen LogP contribution is -2.33. The number of likely N-dealkylation sites (N-methyl/N-ethyl adjacent to an activating group) is 1. The number of halogens is 2. The molecule has 124 valence electrons. The molecule has 1 aromatic rings. The van der Waals surface area contributed by atoms with E-state index in [1.165, 1.54) is 0 Å². The summed E-state index contributed by atoms with van der Waals surface area (Å²) in [6.45, 7) is 3.57. The summed E-state index contributed by atoms with van der Waals surface area (Å²) in [5.74, 6) is 0.156. The number of allylic oxidation sites excluding steroid dienone is 2. The molecule has 0 spiro atoms. The summed E-state index contributed by atoms with van der Waals surface area (Å²) in [7, 11) is 2.05. The second kappa shape index (κ2) is 6.69. The molecule has 1 aliphatic carbocycles. The van der Waals surface area contributed by atoms with Crippen molar-refractivity contribution in [2.45, 2.75) is 24.6 Å². The van der Waals surface area contributed by atoms with Crippen LogP contribution in [-0.2, 0) is 17.6 Å². The summed E-state index contributed by atoms with van der Waals surface area (Å²) in [6.07, 6.45) is 6.01. The Bertz CT molecular complexity index is 717. The van der Waals surface area contributed by atoms with Crippen LogP contribution in [0.15, 0.2) is 35.9 Å². The van der Waals surface area contributed by atoms with Gasteiger partial charge in [-0.05, 0) is 41.8 Å². The van der Waals surface area contributed by atoms with Crippen LogP contribution in [0.1, 0.15) is 24.0 Å². The van der Waals surface area contributed by atoms with Gasteiger partial charge in [0.2, 0.25) is 0 Å². The van der Waals surface area contributed by atoms with Crippen LogP contribution in [0.5, 0.6) is 0 Å². The third-order valence-electron chi connectivity index (χ3n) is 4.59. The molecule has 1 aliphatic heterocycles.